The van der Waals surface area contributed by atoms with E-state index in [4.69, 9.17) is 17.3 Å². The molecule has 0 heterocycles. The molecule has 0 spiro atoms. The minimum atomic E-state index is -3.56. The lowest BCUT2D eigenvalue weighted by Crippen LogP contribution is -2.32. The Morgan fingerprint density at radius 1 is 1.24 bits per heavy atom. The van der Waals surface area contributed by atoms with E-state index in [-0.39, 0.29) is 16.6 Å². The van der Waals surface area contributed by atoms with Crippen molar-refractivity contribution >= 4 is 27.3 Å². The summed E-state index contributed by atoms with van der Waals surface area (Å²) in [5.74, 6) is 0.632. The molecule has 1 atom stereocenters. The maximum atomic E-state index is 12.3. The Morgan fingerprint density at radius 3 is 2.38 bits per heavy atom. The predicted octanol–water partition coefficient (Wildman–Crippen LogP) is 3.72. The van der Waals surface area contributed by atoms with Gasteiger partial charge in [-0.2, -0.15) is 0 Å². The number of halogens is 1. The number of rotatable bonds is 7. The number of anilines is 1. The van der Waals surface area contributed by atoms with Gasteiger partial charge in [0.25, 0.3) is 0 Å². The van der Waals surface area contributed by atoms with Gasteiger partial charge in [0, 0.05) is 6.04 Å². The molecule has 0 aliphatic carbocycles. The van der Waals surface area contributed by atoms with Gasteiger partial charge in [-0.3, -0.25) is 0 Å². The number of benzene rings is 1. The topological polar surface area (TPSA) is 72.2 Å². The molecule has 6 heteroatoms. The third-order valence-corrected chi connectivity index (χ3v) is 5.43. The van der Waals surface area contributed by atoms with Crippen LogP contribution in [0.15, 0.2) is 17.0 Å². The Balaban J connectivity index is 2.78. The second-order valence-corrected chi connectivity index (χ2v) is 8.08. The molecule has 120 valence electrons. The zero-order chi connectivity index (χ0) is 16.2. The highest BCUT2D eigenvalue weighted by Gasteiger charge is 2.19. The summed E-state index contributed by atoms with van der Waals surface area (Å²) >= 11 is 5.96. The largest absolute Gasteiger partial charge is 0.397 e. The van der Waals surface area contributed by atoms with Crippen molar-refractivity contribution in [2.75, 3.05) is 5.73 Å². The van der Waals surface area contributed by atoms with Crippen molar-refractivity contribution < 1.29 is 8.42 Å². The smallest absolute Gasteiger partial charge is 0.240 e. The van der Waals surface area contributed by atoms with Gasteiger partial charge in [-0.15, -0.1) is 0 Å². The van der Waals surface area contributed by atoms with Crippen molar-refractivity contribution in [1.82, 2.24) is 4.72 Å². The van der Waals surface area contributed by atoms with E-state index in [0.29, 0.717) is 16.5 Å². The van der Waals surface area contributed by atoms with Gasteiger partial charge < -0.3 is 5.73 Å². The molecule has 0 aliphatic heterocycles. The van der Waals surface area contributed by atoms with Gasteiger partial charge in [0.1, 0.15) is 0 Å². The lowest BCUT2D eigenvalue weighted by atomic mass is 10.0. The quantitative estimate of drug-likeness (QED) is 0.747. The highest BCUT2D eigenvalue weighted by atomic mass is 35.5. The molecule has 0 saturated carbocycles. The van der Waals surface area contributed by atoms with Crippen LogP contribution in [-0.4, -0.2) is 14.5 Å². The normalized spacial score (nSPS) is 13.6. The lowest BCUT2D eigenvalue weighted by molar-refractivity contribution is 0.488. The first-order chi connectivity index (χ1) is 9.63. The van der Waals surface area contributed by atoms with Gasteiger partial charge >= 0.3 is 0 Å². The Morgan fingerprint density at radius 2 is 1.86 bits per heavy atom. The van der Waals surface area contributed by atoms with Gasteiger partial charge in [-0.05, 0) is 43.9 Å². The number of hydrogen-bond acceptors (Lipinski definition) is 3. The Hall–Kier alpha value is -0.780. The van der Waals surface area contributed by atoms with Crippen LogP contribution in [0.3, 0.4) is 0 Å². The van der Waals surface area contributed by atoms with Crippen LogP contribution in [0.1, 0.15) is 45.6 Å². The van der Waals surface area contributed by atoms with E-state index in [9.17, 15) is 8.42 Å². The van der Waals surface area contributed by atoms with Crippen molar-refractivity contribution in [2.24, 2.45) is 5.92 Å². The lowest BCUT2D eigenvalue weighted by Gasteiger charge is -2.16. The maximum absolute atomic E-state index is 12.3. The Kier molecular flexibility index (Phi) is 6.50. The molecule has 1 aromatic carbocycles. The zero-order valence-corrected chi connectivity index (χ0v) is 14.7. The van der Waals surface area contributed by atoms with Gasteiger partial charge in [0.15, 0.2) is 0 Å². The van der Waals surface area contributed by atoms with Crippen LogP contribution in [0.2, 0.25) is 5.02 Å². The molecule has 1 aromatic rings. The van der Waals surface area contributed by atoms with Crippen LogP contribution in [0.25, 0.3) is 0 Å². The molecule has 4 nitrogen and oxygen atoms in total. The first-order valence-corrected chi connectivity index (χ1v) is 9.07. The van der Waals surface area contributed by atoms with Crippen LogP contribution in [0, 0.1) is 12.8 Å². The molecule has 1 rings (SSSR count). The van der Waals surface area contributed by atoms with Crippen LogP contribution < -0.4 is 10.5 Å². The van der Waals surface area contributed by atoms with E-state index in [0.717, 1.165) is 19.3 Å². The standard InChI is InChI=1S/C15H25ClN2O2S/c1-10(2)6-5-7-12(4)18-21(19,20)13-8-11(3)15(16)14(17)9-13/h8-10,12,18H,5-7,17H2,1-4H3. The summed E-state index contributed by atoms with van der Waals surface area (Å²) in [6.45, 7) is 7.94. The molecule has 0 amide bonds. The van der Waals surface area contributed by atoms with Crippen LogP contribution >= 0.6 is 11.6 Å². The molecular weight excluding hydrogens is 308 g/mol. The second kappa shape index (κ2) is 7.47. The first kappa shape index (κ1) is 18.3. The van der Waals surface area contributed by atoms with Crippen molar-refractivity contribution in [3.05, 3.63) is 22.7 Å². The average molecular weight is 333 g/mol. The van der Waals surface area contributed by atoms with Crippen LogP contribution in [-0.2, 0) is 10.0 Å². The summed E-state index contributed by atoms with van der Waals surface area (Å²) in [5, 5.41) is 0.402. The predicted molar refractivity (Wildman–Crippen MR) is 89.1 cm³/mol. The van der Waals surface area contributed by atoms with Crippen LogP contribution in [0.4, 0.5) is 5.69 Å². The number of nitrogens with two attached hydrogens (primary N) is 1. The fourth-order valence-corrected chi connectivity index (χ4v) is 3.65. The maximum Gasteiger partial charge on any atom is 0.240 e. The molecule has 0 saturated heterocycles. The average Bonchev–Trinajstić information content (AvgIpc) is 2.34. The van der Waals surface area contributed by atoms with Crippen molar-refractivity contribution in [3.8, 4) is 0 Å². The first-order valence-electron chi connectivity index (χ1n) is 7.21. The molecule has 0 aliphatic rings. The molecule has 0 bridgehead atoms. The van der Waals surface area contributed by atoms with Gasteiger partial charge in [-0.25, -0.2) is 13.1 Å². The summed E-state index contributed by atoms with van der Waals surface area (Å²) in [6, 6.07) is 2.84. The van der Waals surface area contributed by atoms with E-state index >= 15 is 0 Å². The summed E-state index contributed by atoms with van der Waals surface area (Å²) < 4.78 is 27.4. The van der Waals surface area contributed by atoms with Crippen molar-refractivity contribution in [1.29, 1.82) is 0 Å². The Bertz CT molecular complexity index is 562. The van der Waals surface area contributed by atoms with Gasteiger partial charge in [0.2, 0.25) is 10.0 Å². The third-order valence-electron chi connectivity index (χ3n) is 3.34. The van der Waals surface area contributed by atoms with Crippen molar-refractivity contribution in [2.45, 2.75) is 57.9 Å². The summed E-state index contributed by atoms with van der Waals surface area (Å²) in [7, 11) is -3.56. The number of hydrogen-bond donors (Lipinski definition) is 2. The number of sulfonamides is 1. The SMILES string of the molecule is Cc1cc(S(=O)(=O)NC(C)CCCC(C)C)cc(N)c1Cl. The molecule has 1 unspecified atom stereocenters. The zero-order valence-electron chi connectivity index (χ0n) is 13.1. The van der Waals surface area contributed by atoms with Crippen LogP contribution in [0.5, 0.6) is 0 Å². The molecular formula is C15H25ClN2O2S. The van der Waals surface area contributed by atoms with Crippen molar-refractivity contribution in [3.63, 3.8) is 0 Å². The summed E-state index contributed by atoms with van der Waals surface area (Å²) in [6.07, 6.45) is 2.92. The number of nitrogen functional groups attached to an aromatic ring is 1. The summed E-state index contributed by atoms with van der Waals surface area (Å²) in [4.78, 5) is 0.164. The minimum absolute atomic E-state index is 0.106. The third kappa shape index (κ3) is 5.49. The van der Waals surface area contributed by atoms with E-state index in [2.05, 4.69) is 18.6 Å². The fraction of sp³-hybridized carbons (Fsp3) is 0.600. The van der Waals surface area contributed by atoms with E-state index < -0.39 is 10.0 Å². The highest BCUT2D eigenvalue weighted by molar-refractivity contribution is 7.89. The molecule has 3 N–H and O–H groups in total. The molecule has 0 fully saturated rings. The number of nitrogens with one attached hydrogen (secondary N) is 1. The molecule has 0 aromatic heterocycles. The fourth-order valence-electron chi connectivity index (χ4n) is 2.14. The minimum Gasteiger partial charge on any atom is -0.397 e. The van der Waals surface area contributed by atoms with Gasteiger partial charge in [0.05, 0.1) is 15.6 Å². The summed E-state index contributed by atoms with van der Waals surface area (Å²) in [5.41, 5.74) is 6.68. The monoisotopic (exact) mass is 332 g/mol. The van der Waals surface area contributed by atoms with E-state index in [1.165, 1.54) is 6.07 Å². The highest BCUT2D eigenvalue weighted by Crippen LogP contribution is 2.27. The van der Waals surface area contributed by atoms with Gasteiger partial charge in [-0.1, -0.05) is 38.3 Å². The molecule has 21 heavy (non-hydrogen) atoms. The van der Waals surface area contributed by atoms with E-state index in [1.54, 1.807) is 13.0 Å². The van der Waals surface area contributed by atoms with E-state index in [1.807, 2.05) is 6.92 Å². The second-order valence-electron chi connectivity index (χ2n) is 5.99. The Labute approximate surface area is 133 Å². The molecule has 0 radical (unpaired) electrons. The number of aryl methyl sites for hydroxylation is 1.